The van der Waals surface area contributed by atoms with E-state index in [9.17, 15) is 4.79 Å². The molecule has 19 heavy (non-hydrogen) atoms. The summed E-state index contributed by atoms with van der Waals surface area (Å²) in [6, 6.07) is 0. The van der Waals surface area contributed by atoms with E-state index in [-0.39, 0.29) is 11.8 Å². The molecule has 0 aromatic carbocycles. The molecule has 0 radical (unpaired) electrons. The molecule has 0 saturated carbocycles. The van der Waals surface area contributed by atoms with Crippen molar-refractivity contribution in [2.75, 3.05) is 39.3 Å². The minimum Gasteiger partial charge on any atom is -0.356 e. The van der Waals surface area contributed by atoms with Gasteiger partial charge in [0.2, 0.25) is 5.91 Å². The molecule has 1 atom stereocenters. The Bertz CT molecular complexity index is 277. The van der Waals surface area contributed by atoms with Crippen LogP contribution in [0.3, 0.4) is 0 Å². The molecule has 4 nitrogen and oxygen atoms in total. The smallest absolute Gasteiger partial charge is 0.224 e. The van der Waals surface area contributed by atoms with Gasteiger partial charge in [0.1, 0.15) is 0 Å². The van der Waals surface area contributed by atoms with Crippen molar-refractivity contribution in [2.45, 2.75) is 39.0 Å². The lowest BCUT2D eigenvalue weighted by molar-refractivity contribution is -0.126. The SMILES string of the molecule is CCCNC(=O)C1CCCN(CC2CCNCC2)C1. The first kappa shape index (κ1) is 14.8. The van der Waals surface area contributed by atoms with Gasteiger partial charge in [-0.05, 0) is 57.7 Å². The van der Waals surface area contributed by atoms with E-state index >= 15 is 0 Å². The number of hydrogen-bond donors (Lipinski definition) is 2. The maximum absolute atomic E-state index is 12.0. The van der Waals surface area contributed by atoms with Gasteiger partial charge in [0.05, 0.1) is 5.92 Å². The number of rotatable bonds is 5. The summed E-state index contributed by atoms with van der Waals surface area (Å²) in [6.45, 7) is 8.60. The van der Waals surface area contributed by atoms with E-state index in [0.29, 0.717) is 0 Å². The van der Waals surface area contributed by atoms with Gasteiger partial charge in [0.25, 0.3) is 0 Å². The summed E-state index contributed by atoms with van der Waals surface area (Å²) in [7, 11) is 0. The Kier molecular flexibility index (Phi) is 6.11. The summed E-state index contributed by atoms with van der Waals surface area (Å²) in [5, 5.41) is 6.47. The number of carbonyl (C=O) groups is 1. The van der Waals surface area contributed by atoms with Crippen LogP contribution in [-0.2, 0) is 4.79 Å². The van der Waals surface area contributed by atoms with Crippen molar-refractivity contribution in [2.24, 2.45) is 11.8 Å². The first-order chi connectivity index (χ1) is 9.29. The molecule has 1 amide bonds. The average molecular weight is 267 g/mol. The predicted octanol–water partition coefficient (Wildman–Crippen LogP) is 1.22. The molecule has 2 aliphatic rings. The number of likely N-dealkylation sites (tertiary alicyclic amines) is 1. The predicted molar refractivity (Wildman–Crippen MR) is 78.1 cm³/mol. The standard InChI is InChI=1S/C15H29N3O/c1-2-7-17-15(19)14-4-3-10-18(12-14)11-13-5-8-16-9-6-13/h13-14,16H,2-12H2,1H3,(H,17,19). The molecule has 0 spiro atoms. The van der Waals surface area contributed by atoms with Crippen molar-refractivity contribution in [1.82, 2.24) is 15.5 Å². The fourth-order valence-electron chi connectivity index (χ4n) is 3.26. The molecule has 0 aromatic rings. The third-order valence-corrected chi connectivity index (χ3v) is 4.40. The molecule has 2 fully saturated rings. The van der Waals surface area contributed by atoms with Crippen molar-refractivity contribution >= 4 is 5.91 Å². The van der Waals surface area contributed by atoms with Gasteiger partial charge in [-0.1, -0.05) is 6.92 Å². The van der Waals surface area contributed by atoms with E-state index in [1.54, 1.807) is 0 Å². The number of nitrogens with one attached hydrogen (secondary N) is 2. The normalized spacial score (nSPS) is 26.3. The molecule has 2 heterocycles. The minimum atomic E-state index is 0.224. The van der Waals surface area contributed by atoms with Crippen LogP contribution in [0.25, 0.3) is 0 Å². The van der Waals surface area contributed by atoms with Gasteiger partial charge in [-0.25, -0.2) is 0 Å². The maximum Gasteiger partial charge on any atom is 0.224 e. The second kappa shape index (κ2) is 7.85. The second-order valence-electron chi connectivity index (χ2n) is 6.08. The van der Waals surface area contributed by atoms with Crippen molar-refractivity contribution in [3.63, 3.8) is 0 Å². The summed E-state index contributed by atoms with van der Waals surface area (Å²) in [5.74, 6) is 1.33. The third kappa shape index (κ3) is 4.77. The zero-order valence-corrected chi connectivity index (χ0v) is 12.3. The lowest BCUT2D eigenvalue weighted by Crippen LogP contribution is -2.45. The first-order valence-corrected chi connectivity index (χ1v) is 8.00. The van der Waals surface area contributed by atoms with Gasteiger partial charge < -0.3 is 15.5 Å². The Labute approximate surface area is 117 Å². The van der Waals surface area contributed by atoms with Crippen molar-refractivity contribution in [3.8, 4) is 0 Å². The van der Waals surface area contributed by atoms with Gasteiger partial charge in [-0.2, -0.15) is 0 Å². The van der Waals surface area contributed by atoms with Crippen LogP contribution in [0.2, 0.25) is 0 Å². The van der Waals surface area contributed by atoms with Crippen LogP contribution < -0.4 is 10.6 Å². The monoisotopic (exact) mass is 267 g/mol. The van der Waals surface area contributed by atoms with E-state index < -0.39 is 0 Å². The fourth-order valence-corrected chi connectivity index (χ4v) is 3.26. The highest BCUT2D eigenvalue weighted by molar-refractivity contribution is 5.78. The van der Waals surface area contributed by atoms with Crippen LogP contribution in [0, 0.1) is 11.8 Å². The summed E-state index contributed by atoms with van der Waals surface area (Å²) >= 11 is 0. The van der Waals surface area contributed by atoms with E-state index in [2.05, 4.69) is 22.5 Å². The van der Waals surface area contributed by atoms with Crippen LogP contribution in [0.15, 0.2) is 0 Å². The Morgan fingerprint density at radius 2 is 2.11 bits per heavy atom. The Hall–Kier alpha value is -0.610. The van der Waals surface area contributed by atoms with Crippen molar-refractivity contribution in [1.29, 1.82) is 0 Å². The average Bonchev–Trinajstić information content (AvgIpc) is 2.46. The molecule has 2 rings (SSSR count). The second-order valence-corrected chi connectivity index (χ2v) is 6.08. The maximum atomic E-state index is 12.0. The number of piperidine rings is 2. The van der Waals surface area contributed by atoms with Crippen molar-refractivity contribution < 1.29 is 4.79 Å². The molecule has 0 bridgehead atoms. The Balaban J connectivity index is 1.74. The summed E-state index contributed by atoms with van der Waals surface area (Å²) in [5.41, 5.74) is 0. The highest BCUT2D eigenvalue weighted by Crippen LogP contribution is 2.20. The lowest BCUT2D eigenvalue weighted by atomic mass is 9.93. The topological polar surface area (TPSA) is 44.4 Å². The molecular formula is C15H29N3O. The fraction of sp³-hybridized carbons (Fsp3) is 0.933. The van der Waals surface area contributed by atoms with Gasteiger partial charge in [-0.3, -0.25) is 4.79 Å². The summed E-state index contributed by atoms with van der Waals surface area (Å²) < 4.78 is 0. The first-order valence-electron chi connectivity index (χ1n) is 8.00. The molecule has 110 valence electrons. The van der Waals surface area contributed by atoms with Crippen LogP contribution in [0.5, 0.6) is 0 Å². The van der Waals surface area contributed by atoms with Crippen molar-refractivity contribution in [3.05, 3.63) is 0 Å². The molecule has 2 saturated heterocycles. The number of carbonyl (C=O) groups excluding carboxylic acids is 1. The number of amides is 1. The number of hydrogen-bond acceptors (Lipinski definition) is 3. The summed E-state index contributed by atoms with van der Waals surface area (Å²) in [4.78, 5) is 14.6. The molecule has 2 N–H and O–H groups in total. The third-order valence-electron chi connectivity index (χ3n) is 4.40. The van der Waals surface area contributed by atoms with E-state index in [1.807, 2.05) is 0 Å². The van der Waals surface area contributed by atoms with Gasteiger partial charge in [0.15, 0.2) is 0 Å². The zero-order valence-electron chi connectivity index (χ0n) is 12.3. The van der Waals surface area contributed by atoms with E-state index in [1.165, 1.54) is 45.4 Å². The van der Waals surface area contributed by atoms with E-state index in [0.717, 1.165) is 31.8 Å². The van der Waals surface area contributed by atoms with Crippen LogP contribution in [-0.4, -0.2) is 50.1 Å². The molecule has 2 aliphatic heterocycles. The van der Waals surface area contributed by atoms with E-state index in [4.69, 9.17) is 0 Å². The molecule has 1 unspecified atom stereocenters. The van der Waals surface area contributed by atoms with Crippen LogP contribution in [0.1, 0.15) is 39.0 Å². The molecular weight excluding hydrogens is 238 g/mol. The minimum absolute atomic E-state index is 0.224. The number of nitrogens with zero attached hydrogens (tertiary/aromatic N) is 1. The van der Waals surface area contributed by atoms with Gasteiger partial charge >= 0.3 is 0 Å². The Morgan fingerprint density at radius 1 is 1.32 bits per heavy atom. The van der Waals surface area contributed by atoms with Crippen LogP contribution >= 0.6 is 0 Å². The Morgan fingerprint density at radius 3 is 2.84 bits per heavy atom. The van der Waals surface area contributed by atoms with Crippen LogP contribution in [0.4, 0.5) is 0 Å². The highest BCUT2D eigenvalue weighted by atomic mass is 16.1. The molecule has 4 heteroatoms. The lowest BCUT2D eigenvalue weighted by Gasteiger charge is -2.35. The quantitative estimate of drug-likeness (QED) is 0.787. The molecule has 0 aromatic heterocycles. The highest BCUT2D eigenvalue weighted by Gasteiger charge is 2.27. The summed E-state index contributed by atoms with van der Waals surface area (Å²) in [6.07, 6.45) is 5.86. The largest absolute Gasteiger partial charge is 0.356 e. The zero-order chi connectivity index (χ0) is 13.5. The van der Waals surface area contributed by atoms with Gasteiger partial charge in [-0.15, -0.1) is 0 Å². The molecule has 0 aliphatic carbocycles. The van der Waals surface area contributed by atoms with Gasteiger partial charge in [0, 0.05) is 19.6 Å².